The molecule has 0 radical (unpaired) electrons. The average Bonchev–Trinajstić information content (AvgIpc) is 3.37. The van der Waals surface area contributed by atoms with Crippen molar-refractivity contribution < 1.29 is 9.18 Å². The van der Waals surface area contributed by atoms with Gasteiger partial charge in [0, 0.05) is 34.8 Å². The zero-order valence-corrected chi connectivity index (χ0v) is 22.3. The molecule has 0 aromatic heterocycles. The van der Waals surface area contributed by atoms with Crippen LogP contribution in [-0.2, 0) is 11.8 Å². The normalized spacial score (nSPS) is 21.1. The molecule has 1 aliphatic carbocycles. The van der Waals surface area contributed by atoms with Crippen molar-refractivity contribution in [3.8, 4) is 0 Å². The monoisotopic (exact) mass is 504 g/mol. The fourth-order valence-corrected chi connectivity index (χ4v) is 5.38. The summed E-state index contributed by atoms with van der Waals surface area (Å²) in [6, 6.07) is 21.2. The number of rotatable bonds is 8. The van der Waals surface area contributed by atoms with Gasteiger partial charge in [-0.15, -0.1) is 0 Å². The molecule has 0 aliphatic heterocycles. The van der Waals surface area contributed by atoms with Crippen molar-refractivity contribution in [3.05, 3.63) is 106 Å². The van der Waals surface area contributed by atoms with Crippen LogP contribution in [0.2, 0.25) is 5.02 Å². The van der Waals surface area contributed by atoms with Crippen molar-refractivity contribution in [1.29, 1.82) is 0 Å². The number of halogens is 2. The van der Waals surface area contributed by atoms with E-state index in [0.29, 0.717) is 28.6 Å². The minimum atomic E-state index is -1.23. The van der Waals surface area contributed by atoms with E-state index in [-0.39, 0.29) is 17.2 Å². The number of amides is 1. The van der Waals surface area contributed by atoms with E-state index >= 15 is 0 Å². The highest BCUT2D eigenvalue weighted by atomic mass is 35.5. The molecule has 0 spiro atoms. The Morgan fingerprint density at radius 1 is 1.03 bits per heavy atom. The first-order valence-electron chi connectivity index (χ1n) is 12.3. The quantitative estimate of drug-likeness (QED) is 0.323. The number of allylic oxidation sites excluding steroid dienone is 1. The van der Waals surface area contributed by atoms with Gasteiger partial charge in [-0.2, -0.15) is 0 Å². The Labute approximate surface area is 218 Å². The number of benzene rings is 3. The Hall–Kier alpha value is -3.11. The molecule has 5 heteroatoms. The van der Waals surface area contributed by atoms with Crippen LogP contribution in [0.4, 0.5) is 15.8 Å². The molecule has 0 heterocycles. The van der Waals surface area contributed by atoms with E-state index in [2.05, 4.69) is 43.2 Å². The van der Waals surface area contributed by atoms with Crippen LogP contribution in [-0.4, -0.2) is 11.6 Å². The van der Waals surface area contributed by atoms with Gasteiger partial charge < -0.3 is 10.6 Å². The molecular formula is C31H34ClFN2O. The number of carbonyl (C=O) groups is 1. The van der Waals surface area contributed by atoms with Crippen molar-refractivity contribution in [2.45, 2.75) is 52.1 Å². The molecule has 188 valence electrons. The van der Waals surface area contributed by atoms with Crippen molar-refractivity contribution in [3.63, 3.8) is 0 Å². The summed E-state index contributed by atoms with van der Waals surface area (Å²) < 4.78 is 14.0. The first-order valence-corrected chi connectivity index (χ1v) is 12.7. The molecule has 1 aliphatic rings. The van der Waals surface area contributed by atoms with Gasteiger partial charge in [0.25, 0.3) is 5.91 Å². The molecule has 36 heavy (non-hydrogen) atoms. The maximum atomic E-state index is 14.0. The second-order valence-corrected chi connectivity index (χ2v) is 11.2. The predicted molar refractivity (Wildman–Crippen MR) is 149 cm³/mol. The van der Waals surface area contributed by atoms with Crippen LogP contribution in [0, 0.1) is 18.8 Å². The summed E-state index contributed by atoms with van der Waals surface area (Å²) >= 11 is 6.36. The second kappa shape index (κ2) is 9.74. The minimum Gasteiger partial charge on any atom is -0.359 e. The van der Waals surface area contributed by atoms with E-state index in [1.165, 1.54) is 5.56 Å². The van der Waals surface area contributed by atoms with Gasteiger partial charge in [0.2, 0.25) is 0 Å². The summed E-state index contributed by atoms with van der Waals surface area (Å²) in [5.74, 6) is 0.346. The summed E-state index contributed by atoms with van der Waals surface area (Å²) in [5, 5.41) is 6.70. The number of alkyl halides is 1. The summed E-state index contributed by atoms with van der Waals surface area (Å²) in [7, 11) is 0. The zero-order chi connectivity index (χ0) is 26.3. The molecule has 4 rings (SSSR count). The number of anilines is 2. The molecule has 2 N–H and O–H groups in total. The van der Waals surface area contributed by atoms with Crippen molar-refractivity contribution in [1.82, 2.24) is 0 Å². The second-order valence-electron chi connectivity index (χ2n) is 10.8. The Kier molecular flexibility index (Phi) is 7.03. The highest BCUT2D eigenvalue weighted by Gasteiger charge is 2.60. The van der Waals surface area contributed by atoms with Crippen molar-refractivity contribution >= 4 is 28.9 Å². The first-order chi connectivity index (χ1) is 16.9. The van der Waals surface area contributed by atoms with Gasteiger partial charge in [0.1, 0.15) is 5.67 Å². The van der Waals surface area contributed by atoms with Crippen molar-refractivity contribution in [2.75, 3.05) is 10.6 Å². The smallest absolute Gasteiger partial charge is 0.257 e. The average molecular weight is 505 g/mol. The lowest BCUT2D eigenvalue weighted by atomic mass is 9.91. The predicted octanol–water partition coefficient (Wildman–Crippen LogP) is 8.34. The molecule has 3 aromatic rings. The maximum Gasteiger partial charge on any atom is 0.257 e. The van der Waals surface area contributed by atoms with Gasteiger partial charge in [-0.3, -0.25) is 4.79 Å². The lowest BCUT2D eigenvalue weighted by Crippen LogP contribution is -2.16. The fraction of sp³-hybridized carbons (Fsp3) is 0.323. The highest BCUT2D eigenvalue weighted by Crippen LogP contribution is 2.62. The highest BCUT2D eigenvalue weighted by molar-refractivity contribution is 6.34. The molecule has 0 saturated heterocycles. The SMILES string of the molecule is C=C(Nc1ccc(Cl)c(C(=O)Nc2ccc(C)cc2)c1)C1C(C)C1(C)c1ccc(CC(C)(C)F)cc1. The number of nitrogens with one attached hydrogen (secondary N) is 2. The van der Waals surface area contributed by atoms with Gasteiger partial charge in [-0.25, -0.2) is 4.39 Å². The van der Waals surface area contributed by atoms with Crippen LogP contribution in [0.15, 0.2) is 79.0 Å². The first kappa shape index (κ1) is 26.0. The van der Waals surface area contributed by atoms with Crippen molar-refractivity contribution in [2.24, 2.45) is 11.8 Å². The third-order valence-electron chi connectivity index (χ3n) is 7.38. The third kappa shape index (κ3) is 5.49. The molecule has 3 unspecified atom stereocenters. The molecule has 1 saturated carbocycles. The summed E-state index contributed by atoms with van der Waals surface area (Å²) in [4.78, 5) is 12.9. The standard InChI is InChI=1S/C31H34ClFN2O/c1-19-7-13-24(14-8-19)35-29(36)26-17-25(15-16-27(26)32)34-21(3)28-20(2)31(28,6)23-11-9-22(10-12-23)18-30(4,5)33/h7-17,20,28,34H,3,18H2,1-2,4-6H3,(H,35,36). The van der Waals surface area contributed by atoms with Gasteiger partial charge in [-0.05, 0) is 68.1 Å². The summed E-state index contributed by atoms with van der Waals surface area (Å²) in [6.07, 6.45) is 0.396. The topological polar surface area (TPSA) is 41.1 Å². The third-order valence-corrected chi connectivity index (χ3v) is 7.71. The molecule has 3 aromatic carbocycles. The van der Waals surface area contributed by atoms with Crippen LogP contribution in [0.3, 0.4) is 0 Å². The number of carbonyl (C=O) groups excluding carboxylic acids is 1. The van der Waals surface area contributed by atoms with Crippen LogP contribution < -0.4 is 10.6 Å². The Morgan fingerprint density at radius 3 is 2.25 bits per heavy atom. The van der Waals surface area contributed by atoms with Gasteiger partial charge in [-0.1, -0.05) is 74.0 Å². The lowest BCUT2D eigenvalue weighted by molar-refractivity contribution is 0.102. The van der Waals surface area contributed by atoms with Crippen LogP contribution in [0.25, 0.3) is 0 Å². The molecule has 1 fully saturated rings. The van der Waals surface area contributed by atoms with E-state index in [0.717, 1.165) is 22.5 Å². The Balaban J connectivity index is 1.46. The Bertz CT molecular complexity index is 1280. The van der Waals surface area contributed by atoms with E-state index in [4.69, 9.17) is 11.6 Å². The molecular weight excluding hydrogens is 471 g/mol. The number of hydrogen-bond acceptors (Lipinski definition) is 2. The van der Waals surface area contributed by atoms with Gasteiger partial charge in [0.05, 0.1) is 10.6 Å². The molecule has 1 amide bonds. The maximum absolute atomic E-state index is 14.0. The number of hydrogen-bond donors (Lipinski definition) is 2. The van der Waals surface area contributed by atoms with Crippen LogP contribution in [0.1, 0.15) is 54.7 Å². The molecule has 3 atom stereocenters. The molecule has 3 nitrogen and oxygen atoms in total. The largest absolute Gasteiger partial charge is 0.359 e. The zero-order valence-electron chi connectivity index (χ0n) is 21.6. The van der Waals surface area contributed by atoms with Gasteiger partial charge >= 0.3 is 0 Å². The van der Waals surface area contributed by atoms with E-state index in [9.17, 15) is 9.18 Å². The van der Waals surface area contributed by atoms with E-state index < -0.39 is 5.67 Å². The van der Waals surface area contributed by atoms with Crippen LogP contribution in [0.5, 0.6) is 0 Å². The van der Waals surface area contributed by atoms with E-state index in [1.54, 1.807) is 26.0 Å². The fourth-order valence-electron chi connectivity index (χ4n) is 5.18. The van der Waals surface area contributed by atoms with Gasteiger partial charge in [0.15, 0.2) is 0 Å². The Morgan fingerprint density at radius 2 is 1.64 bits per heavy atom. The van der Waals surface area contributed by atoms with E-state index in [1.807, 2.05) is 49.4 Å². The molecule has 0 bridgehead atoms. The lowest BCUT2D eigenvalue weighted by Gasteiger charge is -2.18. The van der Waals surface area contributed by atoms with Crippen LogP contribution >= 0.6 is 11.6 Å². The number of aryl methyl sites for hydroxylation is 1. The summed E-state index contributed by atoms with van der Waals surface area (Å²) in [5.41, 5.74) is 4.82. The summed E-state index contributed by atoms with van der Waals surface area (Å²) in [6.45, 7) is 14.0. The minimum absolute atomic E-state index is 0.0636.